The maximum absolute atomic E-state index is 12.5. The van der Waals surface area contributed by atoms with Gasteiger partial charge in [-0.3, -0.25) is 9.78 Å². The van der Waals surface area contributed by atoms with Crippen LogP contribution in [0.25, 0.3) is 0 Å². The van der Waals surface area contributed by atoms with E-state index < -0.39 is 0 Å². The maximum Gasteiger partial charge on any atom is 0.255 e. The molecule has 1 fully saturated rings. The normalized spacial score (nSPS) is 19.8. The number of pyridine rings is 1. The van der Waals surface area contributed by atoms with Gasteiger partial charge in [0.25, 0.3) is 5.91 Å². The lowest BCUT2D eigenvalue weighted by Crippen LogP contribution is -2.16. The monoisotopic (exact) mass is 324 g/mol. The molecule has 5 heteroatoms. The van der Waals surface area contributed by atoms with Crippen molar-refractivity contribution in [3.05, 3.63) is 58.9 Å². The van der Waals surface area contributed by atoms with Crippen LogP contribution in [-0.2, 0) is 22.5 Å². The second kappa shape index (κ2) is 6.71. The van der Waals surface area contributed by atoms with Crippen LogP contribution in [0, 0.1) is 0 Å². The summed E-state index contributed by atoms with van der Waals surface area (Å²) in [5.41, 5.74) is 4.64. The molecule has 1 aromatic heterocycles. The van der Waals surface area contributed by atoms with Crippen molar-refractivity contribution in [3.8, 4) is 0 Å². The SMILES string of the molecule is O=C(Nc1cnc2c(c1)COCC2)c1cccc(C2CCOC2)c1. The van der Waals surface area contributed by atoms with E-state index in [0.717, 1.165) is 42.9 Å². The Kier molecular flexibility index (Phi) is 4.28. The van der Waals surface area contributed by atoms with Crippen molar-refractivity contribution in [2.75, 3.05) is 25.1 Å². The molecule has 2 aliphatic rings. The van der Waals surface area contributed by atoms with Gasteiger partial charge in [-0.1, -0.05) is 12.1 Å². The summed E-state index contributed by atoms with van der Waals surface area (Å²) < 4.78 is 10.9. The molecule has 1 N–H and O–H groups in total. The van der Waals surface area contributed by atoms with Gasteiger partial charge >= 0.3 is 0 Å². The zero-order chi connectivity index (χ0) is 16.4. The summed E-state index contributed by atoms with van der Waals surface area (Å²) in [4.78, 5) is 17.0. The molecule has 2 aromatic rings. The minimum Gasteiger partial charge on any atom is -0.381 e. The zero-order valence-corrected chi connectivity index (χ0v) is 13.5. The summed E-state index contributed by atoms with van der Waals surface area (Å²) in [5.74, 6) is 0.273. The predicted octanol–water partition coefficient (Wildman–Crippen LogP) is 2.91. The molecular formula is C19H20N2O3. The number of hydrogen-bond acceptors (Lipinski definition) is 4. The van der Waals surface area contributed by atoms with E-state index in [9.17, 15) is 4.79 Å². The number of nitrogens with one attached hydrogen (secondary N) is 1. The number of ether oxygens (including phenoxy) is 2. The quantitative estimate of drug-likeness (QED) is 0.943. The van der Waals surface area contributed by atoms with E-state index in [1.807, 2.05) is 24.3 Å². The van der Waals surface area contributed by atoms with Gasteiger partial charge in [0, 0.05) is 35.8 Å². The van der Waals surface area contributed by atoms with Crippen LogP contribution in [-0.4, -0.2) is 30.7 Å². The molecule has 1 aromatic carbocycles. The summed E-state index contributed by atoms with van der Waals surface area (Å²) >= 11 is 0. The Balaban J connectivity index is 1.50. The molecule has 3 heterocycles. The van der Waals surface area contributed by atoms with Gasteiger partial charge in [0.15, 0.2) is 0 Å². The average molecular weight is 324 g/mol. The largest absolute Gasteiger partial charge is 0.381 e. The number of hydrogen-bond donors (Lipinski definition) is 1. The van der Waals surface area contributed by atoms with Gasteiger partial charge in [-0.25, -0.2) is 0 Å². The number of carbonyl (C=O) groups is 1. The molecule has 24 heavy (non-hydrogen) atoms. The number of benzene rings is 1. The maximum atomic E-state index is 12.5. The van der Waals surface area contributed by atoms with Crippen LogP contribution < -0.4 is 5.32 Å². The summed E-state index contributed by atoms with van der Waals surface area (Å²) in [6, 6.07) is 9.75. The van der Waals surface area contributed by atoms with E-state index >= 15 is 0 Å². The Morgan fingerprint density at radius 1 is 1.21 bits per heavy atom. The van der Waals surface area contributed by atoms with Gasteiger partial charge in [0.2, 0.25) is 0 Å². The Hall–Kier alpha value is -2.24. The second-order valence-electron chi connectivity index (χ2n) is 6.27. The number of aromatic nitrogens is 1. The zero-order valence-electron chi connectivity index (χ0n) is 13.5. The fourth-order valence-corrected chi connectivity index (χ4v) is 3.24. The van der Waals surface area contributed by atoms with Gasteiger partial charge in [0.1, 0.15) is 0 Å². The van der Waals surface area contributed by atoms with Crippen LogP contribution in [0.1, 0.15) is 39.5 Å². The molecule has 0 bridgehead atoms. The van der Waals surface area contributed by atoms with E-state index in [4.69, 9.17) is 9.47 Å². The first-order valence-electron chi connectivity index (χ1n) is 8.34. The molecule has 124 valence electrons. The molecule has 0 aliphatic carbocycles. The van der Waals surface area contributed by atoms with Crippen LogP contribution in [0.15, 0.2) is 36.5 Å². The first-order valence-corrected chi connectivity index (χ1v) is 8.34. The molecule has 0 saturated carbocycles. The number of carbonyl (C=O) groups excluding carboxylic acids is 1. The van der Waals surface area contributed by atoms with E-state index in [0.29, 0.717) is 30.4 Å². The number of nitrogens with zero attached hydrogens (tertiary/aromatic N) is 1. The topological polar surface area (TPSA) is 60.5 Å². The number of amides is 1. The van der Waals surface area contributed by atoms with Crippen LogP contribution in [0.2, 0.25) is 0 Å². The molecular weight excluding hydrogens is 304 g/mol. The van der Waals surface area contributed by atoms with E-state index in [1.165, 1.54) is 0 Å². The van der Waals surface area contributed by atoms with Gasteiger partial charge in [0.05, 0.1) is 31.7 Å². The molecule has 0 radical (unpaired) electrons. The lowest BCUT2D eigenvalue weighted by molar-refractivity contribution is 0.102. The Morgan fingerprint density at radius 2 is 2.17 bits per heavy atom. The molecule has 1 saturated heterocycles. The molecule has 4 rings (SSSR count). The Labute approximate surface area is 141 Å². The van der Waals surface area contributed by atoms with Crippen LogP contribution in [0.4, 0.5) is 5.69 Å². The van der Waals surface area contributed by atoms with Crippen LogP contribution >= 0.6 is 0 Å². The average Bonchev–Trinajstić information content (AvgIpc) is 3.16. The summed E-state index contributed by atoms with van der Waals surface area (Å²) in [7, 11) is 0. The molecule has 1 amide bonds. The van der Waals surface area contributed by atoms with Crippen LogP contribution in [0.3, 0.4) is 0 Å². The molecule has 1 atom stereocenters. The molecule has 0 spiro atoms. The fraction of sp³-hybridized carbons (Fsp3) is 0.368. The lowest BCUT2D eigenvalue weighted by atomic mass is 9.96. The molecule has 5 nitrogen and oxygen atoms in total. The Bertz CT molecular complexity index is 754. The van der Waals surface area contributed by atoms with Gasteiger partial charge in [-0.2, -0.15) is 0 Å². The third kappa shape index (κ3) is 3.18. The highest BCUT2D eigenvalue weighted by molar-refractivity contribution is 6.04. The minimum absolute atomic E-state index is 0.116. The third-order valence-corrected chi connectivity index (χ3v) is 4.61. The first-order chi connectivity index (χ1) is 11.8. The lowest BCUT2D eigenvalue weighted by Gasteiger charge is -2.16. The number of rotatable bonds is 3. The number of anilines is 1. The van der Waals surface area contributed by atoms with Crippen molar-refractivity contribution in [2.45, 2.75) is 25.4 Å². The Morgan fingerprint density at radius 3 is 3.04 bits per heavy atom. The van der Waals surface area contributed by atoms with E-state index in [1.54, 1.807) is 6.20 Å². The van der Waals surface area contributed by atoms with E-state index in [-0.39, 0.29) is 5.91 Å². The van der Waals surface area contributed by atoms with Gasteiger partial charge in [-0.05, 0) is 30.2 Å². The van der Waals surface area contributed by atoms with Crippen LogP contribution in [0.5, 0.6) is 0 Å². The molecule has 2 aliphatic heterocycles. The van der Waals surface area contributed by atoms with Crippen molar-refractivity contribution in [2.24, 2.45) is 0 Å². The second-order valence-corrected chi connectivity index (χ2v) is 6.27. The first kappa shape index (κ1) is 15.3. The fourth-order valence-electron chi connectivity index (χ4n) is 3.24. The third-order valence-electron chi connectivity index (χ3n) is 4.61. The smallest absolute Gasteiger partial charge is 0.255 e. The number of fused-ring (bicyclic) bond motifs is 1. The summed E-state index contributed by atoms with van der Waals surface area (Å²) in [6.45, 7) is 2.80. The summed E-state index contributed by atoms with van der Waals surface area (Å²) in [5, 5.41) is 2.94. The van der Waals surface area contributed by atoms with Crippen molar-refractivity contribution >= 4 is 11.6 Å². The summed E-state index contributed by atoms with van der Waals surface area (Å²) in [6.07, 6.45) is 3.56. The highest BCUT2D eigenvalue weighted by atomic mass is 16.5. The van der Waals surface area contributed by atoms with Gasteiger partial charge < -0.3 is 14.8 Å². The molecule has 1 unspecified atom stereocenters. The van der Waals surface area contributed by atoms with Crippen molar-refractivity contribution in [3.63, 3.8) is 0 Å². The minimum atomic E-state index is -0.116. The predicted molar refractivity (Wildman–Crippen MR) is 90.2 cm³/mol. The standard InChI is InChI=1S/C19H20N2O3/c22-19(14-3-1-2-13(8-14)15-4-6-23-11-15)21-17-9-16-12-24-7-5-18(16)20-10-17/h1-3,8-10,15H,4-7,11-12H2,(H,21,22). The van der Waals surface area contributed by atoms with Crippen molar-refractivity contribution in [1.82, 2.24) is 4.98 Å². The van der Waals surface area contributed by atoms with Gasteiger partial charge in [-0.15, -0.1) is 0 Å². The highest BCUT2D eigenvalue weighted by Gasteiger charge is 2.19. The van der Waals surface area contributed by atoms with Crippen molar-refractivity contribution in [1.29, 1.82) is 0 Å². The highest BCUT2D eigenvalue weighted by Crippen LogP contribution is 2.26. The van der Waals surface area contributed by atoms with E-state index in [2.05, 4.69) is 16.4 Å². The van der Waals surface area contributed by atoms with Crippen molar-refractivity contribution < 1.29 is 14.3 Å².